The van der Waals surface area contributed by atoms with Gasteiger partial charge in [-0.2, -0.15) is 0 Å². The Morgan fingerprint density at radius 1 is 0.885 bits per heavy atom. The number of halogens is 2. The summed E-state index contributed by atoms with van der Waals surface area (Å²) in [5, 5.41) is 0.208. The van der Waals surface area contributed by atoms with Gasteiger partial charge < -0.3 is 4.74 Å². The number of hydrogen-bond acceptors (Lipinski definition) is 2. The summed E-state index contributed by atoms with van der Waals surface area (Å²) >= 11 is 11.4. The highest BCUT2D eigenvalue weighted by Gasteiger charge is 2.07. The molecule has 0 aliphatic rings. The van der Waals surface area contributed by atoms with Crippen LogP contribution in [0.1, 0.15) is 89.5 Å². The number of benzene rings is 1. The number of hydrogen-bond donors (Lipinski definition) is 0. The molecule has 0 heterocycles. The number of rotatable bonds is 16. The Labute approximate surface area is 169 Å². The molecule has 0 saturated carbocycles. The molecule has 0 atom stereocenters. The van der Waals surface area contributed by atoms with E-state index in [-0.39, 0.29) is 6.61 Å². The molecule has 0 unspecified atom stereocenters. The van der Waals surface area contributed by atoms with Crippen LogP contribution >= 0.6 is 23.2 Å². The molecular weight excluding hydrogens is 367 g/mol. The van der Waals surface area contributed by atoms with Crippen molar-refractivity contribution in [2.75, 3.05) is 6.61 Å². The quantitative estimate of drug-likeness (QED) is 0.209. The largest absolute Gasteiger partial charge is 0.484 e. The van der Waals surface area contributed by atoms with Gasteiger partial charge in [0.15, 0.2) is 6.61 Å². The zero-order valence-electron chi connectivity index (χ0n) is 16.2. The van der Waals surface area contributed by atoms with Crippen molar-refractivity contribution in [2.24, 2.45) is 0 Å². The van der Waals surface area contributed by atoms with E-state index < -0.39 is 5.24 Å². The van der Waals surface area contributed by atoms with Crippen LogP contribution < -0.4 is 4.74 Å². The fraction of sp³-hybridized carbons (Fsp3) is 0.682. The first kappa shape index (κ1) is 23.3. The van der Waals surface area contributed by atoms with Gasteiger partial charge in [0.2, 0.25) is 0 Å². The van der Waals surface area contributed by atoms with E-state index in [1.54, 1.807) is 6.07 Å². The summed E-state index contributed by atoms with van der Waals surface area (Å²) in [6, 6.07) is 5.52. The van der Waals surface area contributed by atoms with Crippen LogP contribution in [0.3, 0.4) is 0 Å². The fourth-order valence-electron chi connectivity index (χ4n) is 3.18. The first-order chi connectivity index (χ1) is 12.6. The zero-order chi connectivity index (χ0) is 19.0. The van der Waals surface area contributed by atoms with Gasteiger partial charge in [-0.3, -0.25) is 4.79 Å². The monoisotopic (exact) mass is 400 g/mol. The maximum atomic E-state index is 10.9. The molecule has 1 rings (SSSR count). The number of carbonyl (C=O) groups is 1. The van der Waals surface area contributed by atoms with E-state index in [4.69, 9.17) is 27.9 Å². The maximum Gasteiger partial charge on any atom is 0.259 e. The molecule has 4 heteroatoms. The molecule has 0 aliphatic heterocycles. The summed E-state index contributed by atoms with van der Waals surface area (Å²) in [6.07, 6.45) is 16.9. The minimum Gasteiger partial charge on any atom is -0.484 e. The first-order valence-corrected chi connectivity index (χ1v) is 11.0. The lowest BCUT2D eigenvalue weighted by atomic mass is 10.0. The molecule has 148 valence electrons. The van der Waals surface area contributed by atoms with E-state index in [2.05, 4.69) is 6.92 Å². The molecule has 1 aromatic carbocycles. The summed E-state index contributed by atoms with van der Waals surface area (Å²) in [5.41, 5.74) is 1.06. The molecule has 0 amide bonds. The Kier molecular flexibility index (Phi) is 13.8. The van der Waals surface area contributed by atoms with Crippen molar-refractivity contribution >= 4 is 28.4 Å². The minimum atomic E-state index is -0.490. The Hall–Kier alpha value is -0.730. The maximum absolute atomic E-state index is 10.9. The van der Waals surface area contributed by atoms with Gasteiger partial charge in [-0.05, 0) is 48.2 Å². The lowest BCUT2D eigenvalue weighted by Gasteiger charge is -2.10. The van der Waals surface area contributed by atoms with Gasteiger partial charge in [0.05, 0.1) is 0 Å². The molecule has 0 fully saturated rings. The second-order valence-corrected chi connectivity index (χ2v) is 7.89. The number of unbranched alkanes of at least 4 members (excludes halogenated alkanes) is 11. The van der Waals surface area contributed by atoms with Crippen molar-refractivity contribution in [3.8, 4) is 5.75 Å². The topological polar surface area (TPSA) is 26.3 Å². The predicted molar refractivity (Wildman–Crippen MR) is 113 cm³/mol. The van der Waals surface area contributed by atoms with Gasteiger partial charge in [0.1, 0.15) is 5.75 Å². The smallest absolute Gasteiger partial charge is 0.259 e. The summed E-state index contributed by atoms with van der Waals surface area (Å²) in [7, 11) is 0. The van der Waals surface area contributed by atoms with E-state index >= 15 is 0 Å². The van der Waals surface area contributed by atoms with Crippen LogP contribution in [0.5, 0.6) is 5.75 Å². The van der Waals surface area contributed by atoms with Crippen molar-refractivity contribution in [3.63, 3.8) is 0 Å². The average Bonchev–Trinajstić information content (AvgIpc) is 2.61. The van der Waals surface area contributed by atoms with Crippen molar-refractivity contribution in [1.29, 1.82) is 0 Å². The molecule has 0 aliphatic carbocycles. The van der Waals surface area contributed by atoms with Gasteiger partial charge in [-0.1, -0.05) is 89.2 Å². The van der Waals surface area contributed by atoms with Crippen LogP contribution in [0.15, 0.2) is 18.2 Å². The van der Waals surface area contributed by atoms with Gasteiger partial charge in [-0.15, -0.1) is 0 Å². The second-order valence-electron chi connectivity index (χ2n) is 7.03. The summed E-state index contributed by atoms with van der Waals surface area (Å²) in [6.45, 7) is 2.16. The van der Waals surface area contributed by atoms with Gasteiger partial charge in [0, 0.05) is 5.02 Å². The first-order valence-electron chi connectivity index (χ1n) is 10.2. The number of carbonyl (C=O) groups excluding carboxylic acids is 1. The molecule has 0 saturated heterocycles. The number of ether oxygens (including phenoxy) is 1. The molecule has 2 nitrogen and oxygen atoms in total. The molecule has 0 bridgehead atoms. The fourth-order valence-corrected chi connectivity index (χ4v) is 3.42. The molecule has 0 N–H and O–H groups in total. The molecule has 0 radical (unpaired) electrons. The van der Waals surface area contributed by atoms with Gasteiger partial charge in [0.25, 0.3) is 5.24 Å². The van der Waals surface area contributed by atoms with Crippen LogP contribution in [0.25, 0.3) is 0 Å². The molecule has 1 aromatic rings. The molecular formula is C22H34Cl2O2. The van der Waals surface area contributed by atoms with Crippen LogP contribution in [-0.4, -0.2) is 11.8 Å². The third-order valence-corrected chi connectivity index (χ3v) is 5.01. The van der Waals surface area contributed by atoms with Gasteiger partial charge in [-0.25, -0.2) is 0 Å². The van der Waals surface area contributed by atoms with E-state index in [0.29, 0.717) is 10.8 Å². The van der Waals surface area contributed by atoms with Gasteiger partial charge >= 0.3 is 0 Å². The third-order valence-electron chi connectivity index (χ3n) is 4.66. The second kappa shape index (κ2) is 15.3. The van der Waals surface area contributed by atoms with Crippen LogP contribution in [0.4, 0.5) is 0 Å². The van der Waals surface area contributed by atoms with Crippen LogP contribution in [-0.2, 0) is 11.2 Å². The van der Waals surface area contributed by atoms with E-state index in [9.17, 15) is 4.79 Å². The highest BCUT2D eigenvalue weighted by atomic mass is 35.5. The Balaban J connectivity index is 2.10. The Bertz CT molecular complexity index is 503. The highest BCUT2D eigenvalue weighted by Crippen LogP contribution is 2.25. The highest BCUT2D eigenvalue weighted by molar-refractivity contribution is 6.63. The van der Waals surface area contributed by atoms with Crippen molar-refractivity contribution in [3.05, 3.63) is 28.8 Å². The average molecular weight is 401 g/mol. The van der Waals surface area contributed by atoms with E-state index in [1.807, 2.05) is 12.1 Å². The van der Waals surface area contributed by atoms with Crippen molar-refractivity contribution in [1.82, 2.24) is 0 Å². The minimum absolute atomic E-state index is 0.103. The Morgan fingerprint density at radius 2 is 1.42 bits per heavy atom. The Morgan fingerprint density at radius 3 is 1.96 bits per heavy atom. The van der Waals surface area contributed by atoms with Crippen LogP contribution in [0.2, 0.25) is 5.02 Å². The SMILES string of the molecule is CCCCCCCCCCCCCCc1cc(Cl)ccc1OCC(=O)Cl. The lowest BCUT2D eigenvalue weighted by Crippen LogP contribution is -2.06. The standard InChI is InChI=1S/C22H34Cl2O2/c1-2-3-4-5-6-7-8-9-10-11-12-13-14-19-17-20(23)15-16-21(19)26-18-22(24)25/h15-17H,2-14,18H2,1H3. The van der Waals surface area contributed by atoms with E-state index in [0.717, 1.165) is 18.4 Å². The van der Waals surface area contributed by atoms with Crippen LogP contribution in [0, 0.1) is 0 Å². The number of aryl methyl sites for hydroxylation is 1. The third kappa shape index (κ3) is 11.8. The van der Waals surface area contributed by atoms with E-state index in [1.165, 1.54) is 70.6 Å². The summed E-state index contributed by atoms with van der Waals surface area (Å²) in [5.74, 6) is 0.714. The predicted octanol–water partition coefficient (Wildman–Crippen LogP) is 7.73. The summed E-state index contributed by atoms with van der Waals surface area (Å²) in [4.78, 5) is 10.9. The normalized spacial score (nSPS) is 10.9. The lowest BCUT2D eigenvalue weighted by molar-refractivity contribution is -0.113. The molecule has 26 heavy (non-hydrogen) atoms. The van der Waals surface area contributed by atoms with Crippen molar-refractivity contribution < 1.29 is 9.53 Å². The van der Waals surface area contributed by atoms with Crippen molar-refractivity contribution in [2.45, 2.75) is 90.4 Å². The molecule has 0 aromatic heterocycles. The molecule has 0 spiro atoms. The summed E-state index contributed by atoms with van der Waals surface area (Å²) < 4.78 is 5.47. The zero-order valence-corrected chi connectivity index (χ0v) is 17.7.